The van der Waals surface area contributed by atoms with E-state index in [1.165, 1.54) is 19.3 Å². The predicted octanol–water partition coefficient (Wildman–Crippen LogP) is 2.94. The van der Waals surface area contributed by atoms with Gasteiger partial charge in [-0.15, -0.1) is 0 Å². The molecule has 0 radical (unpaired) electrons. The quantitative estimate of drug-likeness (QED) is 0.836. The van der Waals surface area contributed by atoms with E-state index in [-0.39, 0.29) is 10.7 Å². The molecule has 2 rings (SSSR count). The number of anilines is 1. The molecular formula is C13H17ClN2OS. The van der Waals surface area contributed by atoms with Crippen molar-refractivity contribution in [1.82, 2.24) is 5.32 Å². The second kappa shape index (κ2) is 5.41. The Hall–Kier alpha value is -0.870. The molecule has 1 saturated carbocycles. The van der Waals surface area contributed by atoms with E-state index in [1.54, 1.807) is 18.2 Å². The first-order valence-electron chi connectivity index (χ1n) is 5.95. The van der Waals surface area contributed by atoms with Crippen LogP contribution in [0.25, 0.3) is 0 Å². The van der Waals surface area contributed by atoms with Crippen molar-refractivity contribution in [3.05, 3.63) is 28.8 Å². The maximum Gasteiger partial charge on any atom is 0.252 e. The second-order valence-corrected chi connectivity index (χ2v) is 6.34. The first kappa shape index (κ1) is 13.6. The van der Waals surface area contributed by atoms with Crippen molar-refractivity contribution in [2.45, 2.75) is 24.0 Å². The van der Waals surface area contributed by atoms with Gasteiger partial charge in [0.2, 0.25) is 0 Å². The molecule has 0 spiro atoms. The zero-order chi connectivity index (χ0) is 13.2. The first-order chi connectivity index (χ1) is 8.56. The summed E-state index contributed by atoms with van der Waals surface area (Å²) in [5.41, 5.74) is 6.66. The minimum absolute atomic E-state index is 0.125. The molecule has 3 nitrogen and oxygen atoms in total. The van der Waals surface area contributed by atoms with Crippen molar-refractivity contribution in [2.24, 2.45) is 0 Å². The predicted molar refractivity (Wildman–Crippen MR) is 78.3 cm³/mol. The van der Waals surface area contributed by atoms with Crippen LogP contribution in [0.4, 0.5) is 5.69 Å². The smallest absolute Gasteiger partial charge is 0.252 e. The van der Waals surface area contributed by atoms with E-state index >= 15 is 0 Å². The Balaban J connectivity index is 1.99. The lowest BCUT2D eigenvalue weighted by Crippen LogP contribution is -2.45. The normalized spacial score (nSPS) is 17.0. The highest BCUT2D eigenvalue weighted by Crippen LogP contribution is 2.42. The van der Waals surface area contributed by atoms with Crippen molar-refractivity contribution in [3.8, 4) is 0 Å². The fourth-order valence-corrected chi connectivity index (χ4v) is 3.26. The number of rotatable bonds is 4. The molecule has 0 atom stereocenters. The van der Waals surface area contributed by atoms with Gasteiger partial charge in [0.15, 0.2) is 0 Å². The molecule has 3 N–H and O–H groups in total. The monoisotopic (exact) mass is 284 g/mol. The molecule has 0 unspecified atom stereocenters. The number of nitrogens with two attached hydrogens (primary N) is 1. The van der Waals surface area contributed by atoms with E-state index in [0.717, 1.165) is 0 Å². The molecule has 1 aliphatic rings. The number of benzene rings is 1. The molecule has 0 aromatic heterocycles. The zero-order valence-corrected chi connectivity index (χ0v) is 11.9. The average molecular weight is 285 g/mol. The van der Waals surface area contributed by atoms with E-state index in [1.807, 2.05) is 11.8 Å². The van der Waals surface area contributed by atoms with Crippen LogP contribution in [0.5, 0.6) is 0 Å². The van der Waals surface area contributed by atoms with Gasteiger partial charge in [0.1, 0.15) is 0 Å². The van der Waals surface area contributed by atoms with Crippen LogP contribution in [0.3, 0.4) is 0 Å². The molecule has 0 aliphatic heterocycles. The molecule has 1 aromatic carbocycles. The van der Waals surface area contributed by atoms with Crippen molar-refractivity contribution in [2.75, 3.05) is 18.5 Å². The largest absolute Gasteiger partial charge is 0.399 e. The van der Waals surface area contributed by atoms with Gasteiger partial charge in [0, 0.05) is 17.0 Å². The van der Waals surface area contributed by atoms with Crippen LogP contribution in [-0.2, 0) is 0 Å². The van der Waals surface area contributed by atoms with E-state index in [9.17, 15) is 4.79 Å². The number of hydrogen-bond acceptors (Lipinski definition) is 3. The molecule has 5 heteroatoms. The Bertz CT molecular complexity index is 455. The summed E-state index contributed by atoms with van der Waals surface area (Å²) < 4.78 is 0.232. The number of hydrogen-bond donors (Lipinski definition) is 2. The summed E-state index contributed by atoms with van der Waals surface area (Å²) in [6.45, 7) is 0.702. The second-order valence-electron chi connectivity index (χ2n) is 4.66. The van der Waals surface area contributed by atoms with Gasteiger partial charge in [-0.3, -0.25) is 4.79 Å². The number of nitrogen functional groups attached to an aromatic ring is 1. The third kappa shape index (κ3) is 2.75. The summed E-state index contributed by atoms with van der Waals surface area (Å²) in [7, 11) is 0. The summed E-state index contributed by atoms with van der Waals surface area (Å²) >= 11 is 7.85. The molecule has 1 amide bonds. The van der Waals surface area contributed by atoms with Crippen molar-refractivity contribution < 1.29 is 4.79 Å². The highest BCUT2D eigenvalue weighted by Gasteiger charge is 2.36. The number of carbonyl (C=O) groups is 1. The van der Waals surface area contributed by atoms with Crippen LogP contribution < -0.4 is 11.1 Å². The first-order valence-corrected chi connectivity index (χ1v) is 7.55. The van der Waals surface area contributed by atoms with Gasteiger partial charge in [0.25, 0.3) is 5.91 Å². The Morgan fingerprint density at radius 2 is 2.28 bits per heavy atom. The maximum absolute atomic E-state index is 12.0. The lowest BCUT2D eigenvalue weighted by atomic mass is 9.84. The molecule has 0 saturated heterocycles. The molecular weight excluding hydrogens is 268 g/mol. The number of carbonyl (C=O) groups excluding carboxylic acids is 1. The van der Waals surface area contributed by atoms with Gasteiger partial charge >= 0.3 is 0 Å². The van der Waals surface area contributed by atoms with Gasteiger partial charge in [0.05, 0.1) is 10.6 Å². The fraction of sp³-hybridized carbons (Fsp3) is 0.462. The van der Waals surface area contributed by atoms with Crippen LogP contribution in [0.15, 0.2) is 18.2 Å². The third-order valence-electron chi connectivity index (χ3n) is 3.51. The molecule has 18 heavy (non-hydrogen) atoms. The van der Waals surface area contributed by atoms with E-state index in [0.29, 0.717) is 22.8 Å². The summed E-state index contributed by atoms with van der Waals surface area (Å²) in [5.74, 6) is -0.125. The Morgan fingerprint density at radius 3 is 2.78 bits per heavy atom. The highest BCUT2D eigenvalue weighted by molar-refractivity contribution is 8.00. The van der Waals surface area contributed by atoms with Gasteiger partial charge in [-0.05, 0) is 37.3 Å². The van der Waals surface area contributed by atoms with Crippen LogP contribution in [-0.4, -0.2) is 23.5 Å². The summed E-state index contributed by atoms with van der Waals surface area (Å²) in [4.78, 5) is 12.0. The number of thioether (sulfide) groups is 1. The third-order valence-corrected chi connectivity index (χ3v) is 5.24. The minimum atomic E-state index is -0.125. The molecule has 0 heterocycles. The van der Waals surface area contributed by atoms with Crippen LogP contribution in [0.2, 0.25) is 5.02 Å². The Labute approximate surface area is 116 Å². The Morgan fingerprint density at radius 1 is 1.56 bits per heavy atom. The SMILES string of the molecule is CSC1(CNC(=O)c2ccc(N)cc2Cl)CCC1. The lowest BCUT2D eigenvalue weighted by Gasteiger charge is -2.40. The minimum Gasteiger partial charge on any atom is -0.399 e. The molecule has 98 valence electrons. The van der Waals surface area contributed by atoms with Crippen molar-refractivity contribution in [1.29, 1.82) is 0 Å². The number of amides is 1. The summed E-state index contributed by atoms with van der Waals surface area (Å²) in [6, 6.07) is 4.96. The van der Waals surface area contributed by atoms with Crippen molar-refractivity contribution in [3.63, 3.8) is 0 Å². The van der Waals surface area contributed by atoms with Crippen LogP contribution in [0, 0.1) is 0 Å². The topological polar surface area (TPSA) is 55.1 Å². The summed E-state index contributed by atoms with van der Waals surface area (Å²) in [5, 5.41) is 3.37. The van der Waals surface area contributed by atoms with Gasteiger partial charge < -0.3 is 11.1 Å². The number of nitrogens with one attached hydrogen (secondary N) is 1. The van der Waals surface area contributed by atoms with Gasteiger partial charge in [-0.1, -0.05) is 18.0 Å². The standard InChI is InChI=1S/C13H17ClN2OS/c1-18-13(5-2-6-13)8-16-12(17)10-4-3-9(15)7-11(10)14/h3-4,7H,2,5-6,8,15H2,1H3,(H,16,17). The van der Waals surface area contributed by atoms with E-state index in [2.05, 4.69) is 11.6 Å². The molecule has 1 aliphatic carbocycles. The molecule has 1 aromatic rings. The molecule has 0 bridgehead atoms. The Kier molecular flexibility index (Phi) is 4.07. The maximum atomic E-state index is 12.0. The van der Waals surface area contributed by atoms with Gasteiger partial charge in [-0.25, -0.2) is 0 Å². The van der Waals surface area contributed by atoms with Crippen LogP contribution >= 0.6 is 23.4 Å². The van der Waals surface area contributed by atoms with E-state index < -0.39 is 0 Å². The zero-order valence-electron chi connectivity index (χ0n) is 10.3. The van der Waals surface area contributed by atoms with Crippen LogP contribution in [0.1, 0.15) is 29.6 Å². The van der Waals surface area contributed by atoms with Crippen molar-refractivity contribution >= 4 is 35.0 Å². The van der Waals surface area contributed by atoms with Gasteiger partial charge in [-0.2, -0.15) is 11.8 Å². The lowest BCUT2D eigenvalue weighted by molar-refractivity contribution is 0.0944. The molecule has 1 fully saturated rings. The average Bonchev–Trinajstić information content (AvgIpc) is 2.27. The summed E-state index contributed by atoms with van der Waals surface area (Å²) in [6.07, 6.45) is 5.69. The highest BCUT2D eigenvalue weighted by atomic mass is 35.5. The number of halogens is 1. The van der Waals surface area contributed by atoms with E-state index in [4.69, 9.17) is 17.3 Å². The fourth-order valence-electron chi connectivity index (χ4n) is 2.08.